The Morgan fingerprint density at radius 3 is 2.76 bits per heavy atom. The summed E-state index contributed by atoms with van der Waals surface area (Å²) in [5, 5.41) is 1.72. The van der Waals surface area contributed by atoms with Crippen LogP contribution >= 0.6 is 11.5 Å². The topological polar surface area (TPSA) is 47.8 Å². The van der Waals surface area contributed by atoms with Crippen LogP contribution in [-0.4, -0.2) is 13.9 Å². The van der Waals surface area contributed by atoms with Gasteiger partial charge >= 0.3 is 6.18 Å². The fourth-order valence-electron chi connectivity index (χ4n) is 2.03. The molecule has 0 amide bonds. The van der Waals surface area contributed by atoms with Crippen LogP contribution < -0.4 is 5.56 Å². The van der Waals surface area contributed by atoms with Gasteiger partial charge in [0, 0.05) is 17.1 Å². The number of rotatable bonds is 2. The summed E-state index contributed by atoms with van der Waals surface area (Å²) >= 11 is 1.24. The predicted octanol–water partition coefficient (Wildman–Crippen LogP) is 2.92. The lowest BCUT2D eigenvalue weighted by Crippen LogP contribution is -2.22. The summed E-state index contributed by atoms with van der Waals surface area (Å²) in [6.45, 7) is 0.231. The molecule has 0 N–H and O–H groups in total. The van der Waals surface area contributed by atoms with Crippen LogP contribution in [0, 0.1) is 0 Å². The van der Waals surface area contributed by atoms with Crippen molar-refractivity contribution in [2.75, 3.05) is 0 Å². The molecule has 3 aromatic rings. The van der Waals surface area contributed by atoms with Gasteiger partial charge in [0.25, 0.3) is 5.56 Å². The highest BCUT2D eigenvalue weighted by Gasteiger charge is 2.33. The van der Waals surface area contributed by atoms with E-state index in [1.165, 1.54) is 28.2 Å². The lowest BCUT2D eigenvalue weighted by Gasteiger charge is -2.10. The smallest absolute Gasteiger partial charge is 0.294 e. The first-order valence-electron chi connectivity index (χ1n) is 5.90. The molecular weight excluding hydrogens is 303 g/mol. The quantitative estimate of drug-likeness (QED) is 0.731. The van der Waals surface area contributed by atoms with Crippen LogP contribution in [0.4, 0.5) is 13.2 Å². The largest absolute Gasteiger partial charge is 0.418 e. The first-order valence-corrected chi connectivity index (χ1v) is 6.74. The molecule has 2 aromatic heterocycles. The minimum absolute atomic E-state index is 0.0458. The number of benzene rings is 1. The molecule has 0 aliphatic rings. The first kappa shape index (κ1) is 13.7. The van der Waals surface area contributed by atoms with E-state index in [0.29, 0.717) is 0 Å². The van der Waals surface area contributed by atoms with Gasteiger partial charge in [-0.1, -0.05) is 6.07 Å². The zero-order chi connectivity index (χ0) is 15.0. The molecule has 0 bridgehead atoms. The van der Waals surface area contributed by atoms with Crippen molar-refractivity contribution < 1.29 is 13.2 Å². The van der Waals surface area contributed by atoms with Gasteiger partial charge in [0.2, 0.25) is 0 Å². The van der Waals surface area contributed by atoms with Gasteiger partial charge in [-0.05, 0) is 23.7 Å². The minimum atomic E-state index is -4.54. The Morgan fingerprint density at radius 2 is 2.10 bits per heavy atom. The molecule has 3 rings (SSSR count). The lowest BCUT2D eigenvalue weighted by atomic mass is 10.1. The van der Waals surface area contributed by atoms with Gasteiger partial charge < -0.3 is 0 Å². The molecule has 0 atom stereocenters. The number of hydrogen-bond donors (Lipinski definition) is 0. The first-order chi connectivity index (χ1) is 9.97. The van der Waals surface area contributed by atoms with Crippen LogP contribution in [-0.2, 0) is 12.7 Å². The molecule has 4 nitrogen and oxygen atoms in total. The molecule has 0 unspecified atom stereocenters. The maximum atomic E-state index is 12.9. The monoisotopic (exact) mass is 311 g/mol. The molecule has 0 fully saturated rings. The summed E-state index contributed by atoms with van der Waals surface area (Å²) in [6, 6.07) is 3.48. The molecule has 8 heteroatoms. The van der Waals surface area contributed by atoms with Crippen molar-refractivity contribution in [3.8, 4) is 0 Å². The van der Waals surface area contributed by atoms with Crippen LogP contribution in [0.25, 0.3) is 10.9 Å². The molecule has 21 heavy (non-hydrogen) atoms. The van der Waals surface area contributed by atoms with E-state index in [1.54, 1.807) is 11.6 Å². The van der Waals surface area contributed by atoms with Crippen molar-refractivity contribution in [2.45, 2.75) is 12.7 Å². The van der Waals surface area contributed by atoms with Crippen molar-refractivity contribution in [3.05, 3.63) is 57.6 Å². The Kier molecular flexibility index (Phi) is 3.25. The van der Waals surface area contributed by atoms with Crippen molar-refractivity contribution in [1.82, 2.24) is 13.9 Å². The van der Waals surface area contributed by atoms with E-state index in [1.807, 2.05) is 0 Å². The minimum Gasteiger partial charge on any atom is -0.294 e. The van der Waals surface area contributed by atoms with Crippen molar-refractivity contribution in [1.29, 1.82) is 0 Å². The number of aromatic nitrogens is 3. The number of halogens is 3. The maximum Gasteiger partial charge on any atom is 0.418 e. The van der Waals surface area contributed by atoms with Crippen LogP contribution in [0.15, 0.2) is 40.9 Å². The number of nitrogens with zero attached hydrogens (tertiary/aromatic N) is 3. The summed E-state index contributed by atoms with van der Waals surface area (Å²) in [5.74, 6) is 0. The second kappa shape index (κ2) is 4.96. The third-order valence-corrected chi connectivity index (χ3v) is 3.63. The highest BCUT2D eigenvalue weighted by molar-refractivity contribution is 7.03. The normalized spacial score (nSPS) is 12.0. The van der Waals surface area contributed by atoms with Gasteiger partial charge in [-0.2, -0.15) is 13.2 Å². The van der Waals surface area contributed by atoms with Crippen LogP contribution in [0.3, 0.4) is 0 Å². The molecule has 0 aliphatic heterocycles. The average Bonchev–Trinajstić information content (AvgIpc) is 2.93. The molecule has 0 spiro atoms. The maximum absolute atomic E-state index is 12.9. The van der Waals surface area contributed by atoms with Gasteiger partial charge in [-0.3, -0.25) is 9.36 Å². The van der Waals surface area contributed by atoms with Crippen molar-refractivity contribution in [3.63, 3.8) is 0 Å². The Morgan fingerprint density at radius 1 is 1.29 bits per heavy atom. The van der Waals surface area contributed by atoms with Gasteiger partial charge in [0.05, 0.1) is 29.3 Å². The lowest BCUT2D eigenvalue weighted by molar-refractivity contribution is -0.136. The third-order valence-electron chi connectivity index (χ3n) is 3.00. The number of hydrogen-bond acceptors (Lipinski definition) is 4. The van der Waals surface area contributed by atoms with Crippen LogP contribution in [0.1, 0.15) is 11.1 Å². The van der Waals surface area contributed by atoms with Gasteiger partial charge in [-0.15, -0.1) is 0 Å². The Labute approximate surface area is 120 Å². The molecule has 0 saturated carbocycles. The van der Waals surface area contributed by atoms with E-state index in [-0.39, 0.29) is 17.4 Å². The number of para-hydroxylation sites is 1. The van der Waals surface area contributed by atoms with Crippen molar-refractivity contribution >= 4 is 22.4 Å². The standard InChI is InChI=1S/C13H8F3N3OS/c14-13(15,16)10-3-1-2-9-11(10)17-7-19(12(9)20)5-8-4-18-21-6-8/h1-4,6-7H,5H2. The molecule has 0 saturated heterocycles. The summed E-state index contributed by atoms with van der Waals surface area (Å²) < 4.78 is 43.9. The van der Waals surface area contributed by atoms with E-state index < -0.39 is 17.3 Å². The van der Waals surface area contributed by atoms with Crippen LogP contribution in [0.5, 0.6) is 0 Å². The Hall–Kier alpha value is -2.22. The van der Waals surface area contributed by atoms with Gasteiger partial charge in [-0.25, -0.2) is 9.36 Å². The van der Waals surface area contributed by atoms with E-state index in [9.17, 15) is 18.0 Å². The molecule has 1 aromatic carbocycles. The SMILES string of the molecule is O=c1c2cccc(C(F)(F)F)c2ncn1Cc1cnsc1. The predicted molar refractivity (Wildman–Crippen MR) is 72.2 cm³/mol. The van der Waals surface area contributed by atoms with E-state index >= 15 is 0 Å². The van der Waals surface area contributed by atoms with Gasteiger partial charge in [0.15, 0.2) is 0 Å². The van der Waals surface area contributed by atoms with E-state index in [4.69, 9.17) is 0 Å². The highest BCUT2D eigenvalue weighted by Crippen LogP contribution is 2.32. The number of alkyl halides is 3. The van der Waals surface area contributed by atoms with Crippen LogP contribution in [0.2, 0.25) is 0 Å². The third kappa shape index (κ3) is 2.54. The Balaban J connectivity index is 2.16. The zero-order valence-electron chi connectivity index (χ0n) is 10.5. The molecule has 2 heterocycles. The fourth-order valence-corrected chi connectivity index (χ4v) is 2.56. The molecule has 0 aliphatic carbocycles. The van der Waals surface area contributed by atoms with Gasteiger partial charge in [0.1, 0.15) is 0 Å². The second-order valence-corrected chi connectivity index (χ2v) is 5.07. The summed E-state index contributed by atoms with van der Waals surface area (Å²) in [6.07, 6.45) is -1.80. The summed E-state index contributed by atoms with van der Waals surface area (Å²) in [7, 11) is 0. The molecule has 0 radical (unpaired) electrons. The number of fused-ring (bicyclic) bond motifs is 1. The van der Waals surface area contributed by atoms with Crippen molar-refractivity contribution in [2.24, 2.45) is 0 Å². The Bertz CT molecular complexity index is 840. The molecular formula is C13H8F3N3OS. The highest BCUT2D eigenvalue weighted by atomic mass is 32.1. The molecule has 108 valence electrons. The second-order valence-electron chi connectivity index (χ2n) is 4.41. The average molecular weight is 311 g/mol. The zero-order valence-corrected chi connectivity index (χ0v) is 11.3. The summed E-state index contributed by atoms with van der Waals surface area (Å²) in [4.78, 5) is 16.1. The fraction of sp³-hybridized carbons (Fsp3) is 0.154. The van der Waals surface area contributed by atoms with E-state index in [2.05, 4.69) is 9.36 Å². The summed E-state index contributed by atoms with van der Waals surface area (Å²) in [5.41, 5.74) is -0.927. The van der Waals surface area contributed by atoms with E-state index in [0.717, 1.165) is 18.0 Å².